The normalized spacial score (nSPS) is 11.2. The number of aromatic carboxylic acids is 1. The van der Waals surface area contributed by atoms with Crippen molar-refractivity contribution < 1.29 is 14.3 Å². The van der Waals surface area contributed by atoms with Gasteiger partial charge in [0.2, 0.25) is 0 Å². The Morgan fingerprint density at radius 3 is 2.50 bits per heavy atom. The van der Waals surface area contributed by atoms with Gasteiger partial charge in [0.25, 0.3) is 0 Å². The van der Waals surface area contributed by atoms with Crippen molar-refractivity contribution in [3.63, 3.8) is 0 Å². The standard InChI is InChI=1S/C25H19N3O4/c1-27(2)18-10-8-15-12-19(25(31)32-22(15)14-18)23-26-20-13-16(24(29)30)9-11-21(20)28(23)17-6-4-3-5-7-17/h3-14H,1-2H3,(H,29,30). The summed E-state index contributed by atoms with van der Waals surface area (Å²) in [5.74, 6) is -0.647. The highest BCUT2D eigenvalue weighted by molar-refractivity contribution is 5.94. The van der Waals surface area contributed by atoms with E-state index >= 15 is 0 Å². The third kappa shape index (κ3) is 3.20. The maximum absolute atomic E-state index is 13.0. The molecule has 7 heteroatoms. The first-order chi connectivity index (χ1) is 15.4. The number of hydrogen-bond donors (Lipinski definition) is 1. The van der Waals surface area contributed by atoms with Gasteiger partial charge < -0.3 is 14.4 Å². The van der Waals surface area contributed by atoms with Gasteiger partial charge in [0.15, 0.2) is 5.82 Å². The summed E-state index contributed by atoms with van der Waals surface area (Å²) < 4.78 is 7.50. The number of benzene rings is 3. The molecule has 32 heavy (non-hydrogen) atoms. The van der Waals surface area contributed by atoms with Crippen LogP contribution in [0, 0.1) is 0 Å². The van der Waals surface area contributed by atoms with Crippen LogP contribution >= 0.6 is 0 Å². The predicted octanol–water partition coefficient (Wildman–Crippen LogP) is 4.56. The van der Waals surface area contributed by atoms with E-state index in [0.717, 1.165) is 16.8 Å². The van der Waals surface area contributed by atoms with Crippen LogP contribution in [-0.4, -0.2) is 34.7 Å². The number of imidazole rings is 1. The van der Waals surface area contributed by atoms with E-state index in [0.29, 0.717) is 28.0 Å². The highest BCUT2D eigenvalue weighted by Gasteiger charge is 2.20. The van der Waals surface area contributed by atoms with Gasteiger partial charge in [0.1, 0.15) is 11.1 Å². The van der Waals surface area contributed by atoms with E-state index in [4.69, 9.17) is 4.42 Å². The minimum Gasteiger partial charge on any atom is -0.478 e. The third-order valence-electron chi connectivity index (χ3n) is 5.39. The molecule has 2 aromatic heterocycles. The molecule has 0 fully saturated rings. The molecule has 3 aromatic carbocycles. The smallest absolute Gasteiger partial charge is 0.347 e. The third-order valence-corrected chi connectivity index (χ3v) is 5.39. The van der Waals surface area contributed by atoms with Gasteiger partial charge in [-0.25, -0.2) is 14.6 Å². The Labute approximate surface area is 182 Å². The average molecular weight is 425 g/mol. The highest BCUT2D eigenvalue weighted by Crippen LogP contribution is 2.30. The van der Waals surface area contributed by atoms with Gasteiger partial charge in [-0.2, -0.15) is 0 Å². The van der Waals surface area contributed by atoms with Gasteiger partial charge in [0, 0.05) is 36.9 Å². The van der Waals surface area contributed by atoms with Crippen molar-refractivity contribution in [2.24, 2.45) is 0 Å². The molecule has 2 heterocycles. The minimum absolute atomic E-state index is 0.128. The van der Waals surface area contributed by atoms with Crippen molar-refractivity contribution in [1.29, 1.82) is 0 Å². The Morgan fingerprint density at radius 1 is 1.00 bits per heavy atom. The number of carboxylic acid groups (broad SMARTS) is 1. The molecule has 0 aliphatic rings. The minimum atomic E-state index is -1.04. The fourth-order valence-corrected chi connectivity index (χ4v) is 3.77. The molecular formula is C25H19N3O4. The van der Waals surface area contributed by atoms with E-state index < -0.39 is 11.6 Å². The first kappa shape index (κ1) is 19.6. The number of carbonyl (C=O) groups is 1. The molecule has 0 unspecified atom stereocenters. The van der Waals surface area contributed by atoms with Crippen LogP contribution in [0.25, 0.3) is 39.1 Å². The summed E-state index contributed by atoms with van der Waals surface area (Å²) in [7, 11) is 3.84. The van der Waals surface area contributed by atoms with Crippen LogP contribution in [0.1, 0.15) is 10.4 Å². The molecule has 0 spiro atoms. The molecule has 158 valence electrons. The van der Waals surface area contributed by atoms with Gasteiger partial charge >= 0.3 is 11.6 Å². The van der Waals surface area contributed by atoms with Gasteiger partial charge in [-0.15, -0.1) is 0 Å². The largest absolute Gasteiger partial charge is 0.478 e. The fourth-order valence-electron chi connectivity index (χ4n) is 3.77. The molecule has 0 bridgehead atoms. The number of hydrogen-bond acceptors (Lipinski definition) is 5. The number of aromatic nitrogens is 2. The van der Waals surface area contributed by atoms with Gasteiger partial charge in [0.05, 0.1) is 16.6 Å². The van der Waals surface area contributed by atoms with E-state index in [9.17, 15) is 14.7 Å². The summed E-state index contributed by atoms with van der Waals surface area (Å²) in [5, 5.41) is 10.1. The van der Waals surface area contributed by atoms with Crippen LogP contribution in [0.3, 0.4) is 0 Å². The SMILES string of the molecule is CN(C)c1ccc2cc(-c3nc4cc(C(=O)O)ccc4n3-c3ccccc3)c(=O)oc2c1. The van der Waals surface area contributed by atoms with Crippen molar-refractivity contribution in [3.8, 4) is 17.1 Å². The second kappa shape index (κ2) is 7.39. The number of rotatable bonds is 4. The Balaban J connectivity index is 1.80. The molecule has 0 aliphatic heterocycles. The van der Waals surface area contributed by atoms with Crippen LogP contribution in [0.4, 0.5) is 5.69 Å². The lowest BCUT2D eigenvalue weighted by Gasteiger charge is -2.13. The van der Waals surface area contributed by atoms with E-state index in [1.807, 2.05) is 72.1 Å². The second-order valence-electron chi connectivity index (χ2n) is 7.68. The van der Waals surface area contributed by atoms with Crippen molar-refractivity contribution in [3.05, 3.63) is 88.8 Å². The fraction of sp³-hybridized carbons (Fsp3) is 0.0800. The molecule has 0 atom stereocenters. The maximum atomic E-state index is 13.0. The number of anilines is 1. The summed E-state index contributed by atoms with van der Waals surface area (Å²) in [4.78, 5) is 31.1. The first-order valence-electron chi connectivity index (χ1n) is 9.99. The molecule has 5 aromatic rings. The van der Waals surface area contributed by atoms with E-state index in [-0.39, 0.29) is 5.56 Å². The number of nitrogens with zero attached hydrogens (tertiary/aromatic N) is 3. The molecule has 0 saturated heterocycles. The summed E-state index contributed by atoms with van der Waals surface area (Å²) in [6.45, 7) is 0. The lowest BCUT2D eigenvalue weighted by molar-refractivity contribution is 0.0697. The second-order valence-corrected chi connectivity index (χ2v) is 7.68. The lowest BCUT2D eigenvalue weighted by atomic mass is 10.1. The average Bonchev–Trinajstić information content (AvgIpc) is 3.17. The zero-order valence-corrected chi connectivity index (χ0v) is 17.4. The number of fused-ring (bicyclic) bond motifs is 2. The Hall–Kier alpha value is -4.39. The van der Waals surface area contributed by atoms with E-state index in [1.165, 1.54) is 12.1 Å². The molecule has 0 aliphatic carbocycles. The van der Waals surface area contributed by atoms with Crippen LogP contribution in [-0.2, 0) is 0 Å². The summed E-state index contributed by atoms with van der Waals surface area (Å²) in [5.41, 5.74) is 3.29. The summed E-state index contributed by atoms with van der Waals surface area (Å²) >= 11 is 0. The summed E-state index contributed by atoms with van der Waals surface area (Å²) in [6, 6.07) is 21.7. The Morgan fingerprint density at radius 2 is 1.78 bits per heavy atom. The molecule has 5 rings (SSSR count). The summed E-state index contributed by atoms with van der Waals surface area (Å²) in [6.07, 6.45) is 0. The molecule has 0 amide bonds. The van der Waals surface area contributed by atoms with Gasteiger partial charge in [-0.1, -0.05) is 18.2 Å². The van der Waals surface area contributed by atoms with Crippen LogP contribution in [0.15, 0.2) is 82.0 Å². The molecule has 1 N–H and O–H groups in total. The lowest BCUT2D eigenvalue weighted by Crippen LogP contribution is -2.10. The Kier molecular flexibility index (Phi) is 4.52. The predicted molar refractivity (Wildman–Crippen MR) is 124 cm³/mol. The quantitative estimate of drug-likeness (QED) is 0.425. The zero-order chi connectivity index (χ0) is 22.4. The monoisotopic (exact) mass is 425 g/mol. The maximum Gasteiger partial charge on any atom is 0.347 e. The Bertz CT molecular complexity index is 1550. The van der Waals surface area contributed by atoms with Crippen molar-refractivity contribution >= 4 is 33.7 Å². The van der Waals surface area contributed by atoms with Gasteiger partial charge in [-0.05, 0) is 48.5 Å². The topological polar surface area (TPSA) is 88.6 Å². The zero-order valence-electron chi connectivity index (χ0n) is 17.4. The van der Waals surface area contributed by atoms with Crippen LogP contribution < -0.4 is 10.5 Å². The highest BCUT2D eigenvalue weighted by atomic mass is 16.4. The molecule has 0 radical (unpaired) electrons. The van der Waals surface area contributed by atoms with Gasteiger partial charge in [-0.3, -0.25) is 4.57 Å². The van der Waals surface area contributed by atoms with Crippen molar-refractivity contribution in [2.75, 3.05) is 19.0 Å². The van der Waals surface area contributed by atoms with E-state index in [2.05, 4.69) is 4.98 Å². The molecule has 7 nitrogen and oxygen atoms in total. The van der Waals surface area contributed by atoms with Crippen LogP contribution in [0.5, 0.6) is 0 Å². The van der Waals surface area contributed by atoms with Crippen LogP contribution in [0.2, 0.25) is 0 Å². The van der Waals surface area contributed by atoms with E-state index in [1.54, 1.807) is 12.1 Å². The van der Waals surface area contributed by atoms with Crippen molar-refractivity contribution in [2.45, 2.75) is 0 Å². The number of para-hydroxylation sites is 1. The first-order valence-corrected chi connectivity index (χ1v) is 9.99. The van der Waals surface area contributed by atoms with Crippen molar-refractivity contribution in [1.82, 2.24) is 9.55 Å². The molecule has 0 saturated carbocycles. The molecular weight excluding hydrogens is 406 g/mol. The number of carboxylic acids is 1.